The molecule has 0 amide bonds. The summed E-state index contributed by atoms with van der Waals surface area (Å²) in [6.45, 7) is 0. The van der Waals surface area contributed by atoms with Crippen LogP contribution in [-0.2, 0) is 0 Å². The Balaban J connectivity index is 0. The third-order valence-electron chi connectivity index (χ3n) is 1.38. The molecule has 0 aliphatic heterocycles. The first kappa shape index (κ1) is 16.6. The summed E-state index contributed by atoms with van der Waals surface area (Å²) in [4.78, 5) is 20.7. The molecule has 0 atom stereocenters. The van der Waals surface area contributed by atoms with Crippen molar-refractivity contribution in [2.45, 2.75) is 0 Å². The van der Waals surface area contributed by atoms with Gasteiger partial charge in [-0.25, -0.2) is 9.59 Å². The summed E-state index contributed by atoms with van der Waals surface area (Å²) in [7, 11) is 0. The fourth-order valence-electron chi connectivity index (χ4n) is 0.755. The minimum Gasteiger partial charge on any atom is -0.478 e. The Hall–Kier alpha value is 0.160. The van der Waals surface area contributed by atoms with Crippen LogP contribution in [0.3, 0.4) is 0 Å². The van der Waals surface area contributed by atoms with Crippen molar-refractivity contribution in [3.8, 4) is 0 Å². The molecule has 6 heteroatoms. The van der Waals surface area contributed by atoms with Gasteiger partial charge in [0.25, 0.3) is 0 Å². The minimum atomic E-state index is -1.06. The van der Waals surface area contributed by atoms with Crippen LogP contribution in [0, 0.1) is 0 Å². The van der Waals surface area contributed by atoms with Gasteiger partial charge >= 0.3 is 11.9 Å². The van der Waals surface area contributed by atoms with E-state index in [1.54, 1.807) is 0 Å². The number of aromatic carboxylic acids is 2. The van der Waals surface area contributed by atoms with Crippen LogP contribution >= 0.6 is 0 Å². The Bertz CT molecular complexity index is 288. The molecule has 2 radical (unpaired) electrons. The quantitative estimate of drug-likeness (QED) is 0.692. The van der Waals surface area contributed by atoms with Crippen molar-refractivity contribution in [1.29, 1.82) is 0 Å². The van der Waals surface area contributed by atoms with Crippen LogP contribution in [0.15, 0.2) is 24.3 Å². The van der Waals surface area contributed by atoms with Gasteiger partial charge in [0, 0.05) is 59.1 Å². The van der Waals surface area contributed by atoms with E-state index in [0.29, 0.717) is 0 Å². The maximum Gasteiger partial charge on any atom is 0.335 e. The molecule has 1 aromatic carbocycles. The van der Waals surface area contributed by atoms with Crippen LogP contribution in [0.4, 0.5) is 0 Å². The van der Waals surface area contributed by atoms with E-state index >= 15 is 0 Å². The molecule has 4 nitrogen and oxygen atoms in total. The van der Waals surface area contributed by atoms with Gasteiger partial charge in [-0.15, -0.1) is 0 Å². The second-order valence-electron chi connectivity index (χ2n) is 2.19. The second kappa shape index (κ2) is 7.45. The van der Waals surface area contributed by atoms with Gasteiger partial charge in [-0.2, -0.15) is 0 Å². The smallest absolute Gasteiger partial charge is 0.335 e. The zero-order valence-electron chi connectivity index (χ0n) is 8.02. The first-order valence-electron chi connectivity index (χ1n) is 3.18. The summed E-state index contributed by atoms with van der Waals surface area (Å²) in [5.74, 6) is -2.13. The van der Waals surface area contributed by atoms with Crippen molar-refractivity contribution >= 4 is 71.1 Å². The van der Waals surface area contributed by atoms with Gasteiger partial charge in [0.1, 0.15) is 0 Å². The van der Waals surface area contributed by atoms with Crippen LogP contribution in [0.5, 0.6) is 0 Å². The van der Waals surface area contributed by atoms with E-state index in [1.807, 2.05) is 0 Å². The van der Waals surface area contributed by atoms with Crippen LogP contribution in [-0.4, -0.2) is 81.3 Å². The average Bonchev–Trinajstić information content (AvgIpc) is 2.04. The maximum atomic E-state index is 10.3. The molecule has 0 fully saturated rings. The van der Waals surface area contributed by atoms with Gasteiger partial charge in [0.05, 0.1) is 11.1 Å². The summed E-state index contributed by atoms with van der Waals surface area (Å²) in [6, 6.07) is 5.02. The standard InChI is InChI=1S/C8H6O4.2Na/c9-7(10)5-1-2-6(4-3-5)8(11)12;;/h1-4H,(H,9,10)(H,11,12);;. The molecule has 0 heterocycles. The third-order valence-corrected chi connectivity index (χ3v) is 1.38. The van der Waals surface area contributed by atoms with Crippen molar-refractivity contribution < 1.29 is 19.8 Å². The topological polar surface area (TPSA) is 74.6 Å². The molecule has 14 heavy (non-hydrogen) atoms. The molecule has 0 unspecified atom stereocenters. The number of carbonyl (C=O) groups is 2. The fraction of sp³-hybridized carbons (Fsp3) is 0. The Kier molecular flexibility index (Phi) is 8.83. The average molecular weight is 212 g/mol. The molecule has 0 saturated carbocycles. The van der Waals surface area contributed by atoms with Crippen LogP contribution < -0.4 is 0 Å². The molecule has 0 aliphatic rings. The zero-order valence-corrected chi connectivity index (χ0v) is 12.0. The van der Waals surface area contributed by atoms with E-state index in [2.05, 4.69) is 0 Å². The normalized spacial score (nSPS) is 8.00. The number of carboxylic acids is 2. The van der Waals surface area contributed by atoms with Gasteiger partial charge in [-0.1, -0.05) is 0 Å². The third kappa shape index (κ3) is 4.59. The van der Waals surface area contributed by atoms with E-state index in [9.17, 15) is 9.59 Å². The van der Waals surface area contributed by atoms with Crippen LogP contribution in [0.25, 0.3) is 0 Å². The van der Waals surface area contributed by atoms with Crippen molar-refractivity contribution in [2.75, 3.05) is 0 Å². The van der Waals surface area contributed by atoms with Gasteiger partial charge in [0.2, 0.25) is 0 Å². The Labute approximate surface area is 125 Å². The molecule has 0 spiro atoms. The predicted molar refractivity (Wildman–Crippen MR) is 51.9 cm³/mol. The zero-order chi connectivity index (χ0) is 9.14. The maximum absolute atomic E-state index is 10.3. The summed E-state index contributed by atoms with van der Waals surface area (Å²) in [5, 5.41) is 16.9. The second-order valence-corrected chi connectivity index (χ2v) is 2.19. The number of benzene rings is 1. The molecule has 2 N–H and O–H groups in total. The van der Waals surface area contributed by atoms with Crippen molar-refractivity contribution in [3.63, 3.8) is 0 Å². The number of rotatable bonds is 2. The summed E-state index contributed by atoms with van der Waals surface area (Å²) < 4.78 is 0. The van der Waals surface area contributed by atoms with E-state index in [-0.39, 0.29) is 70.2 Å². The number of carboxylic acid groups (broad SMARTS) is 2. The van der Waals surface area contributed by atoms with E-state index in [1.165, 1.54) is 24.3 Å². The summed E-state index contributed by atoms with van der Waals surface area (Å²) in [6.07, 6.45) is 0. The molecule has 0 aliphatic carbocycles. The van der Waals surface area contributed by atoms with Crippen molar-refractivity contribution in [2.24, 2.45) is 0 Å². The van der Waals surface area contributed by atoms with Crippen LogP contribution in [0.2, 0.25) is 0 Å². The van der Waals surface area contributed by atoms with Crippen molar-refractivity contribution in [3.05, 3.63) is 35.4 Å². The first-order valence-corrected chi connectivity index (χ1v) is 3.18. The molecular formula is C8H6Na2O4. The fourth-order valence-corrected chi connectivity index (χ4v) is 0.755. The first-order chi connectivity index (χ1) is 5.61. The van der Waals surface area contributed by atoms with Gasteiger partial charge in [-0.05, 0) is 24.3 Å². The van der Waals surface area contributed by atoms with E-state index in [4.69, 9.17) is 10.2 Å². The van der Waals surface area contributed by atoms with Gasteiger partial charge in [-0.3, -0.25) is 0 Å². The molecule has 1 rings (SSSR count). The van der Waals surface area contributed by atoms with Crippen molar-refractivity contribution in [1.82, 2.24) is 0 Å². The molecule has 1 aromatic rings. The summed E-state index contributed by atoms with van der Waals surface area (Å²) in [5.41, 5.74) is 0.167. The minimum absolute atomic E-state index is 0. The van der Waals surface area contributed by atoms with Crippen LogP contribution in [0.1, 0.15) is 20.7 Å². The number of hydrogen-bond donors (Lipinski definition) is 2. The SMILES string of the molecule is O=C(O)c1ccc(C(=O)O)cc1.[Na].[Na]. The summed E-state index contributed by atoms with van der Waals surface area (Å²) >= 11 is 0. The van der Waals surface area contributed by atoms with E-state index < -0.39 is 11.9 Å². The van der Waals surface area contributed by atoms with E-state index in [0.717, 1.165) is 0 Å². The largest absolute Gasteiger partial charge is 0.478 e. The molecule has 64 valence electrons. The Morgan fingerprint density at radius 2 is 1.00 bits per heavy atom. The monoisotopic (exact) mass is 212 g/mol. The molecular weight excluding hydrogens is 206 g/mol. The predicted octanol–water partition coefficient (Wildman–Crippen LogP) is 0.321. The van der Waals surface area contributed by atoms with Gasteiger partial charge < -0.3 is 10.2 Å². The molecule has 0 saturated heterocycles. The van der Waals surface area contributed by atoms with Gasteiger partial charge in [0.15, 0.2) is 0 Å². The Morgan fingerprint density at radius 1 is 0.786 bits per heavy atom. The number of hydrogen-bond acceptors (Lipinski definition) is 2. The molecule has 0 aromatic heterocycles. The Morgan fingerprint density at radius 3 is 1.14 bits per heavy atom. The molecule has 0 bridgehead atoms.